The van der Waals surface area contributed by atoms with E-state index in [1.54, 1.807) is 0 Å². The average Bonchev–Trinajstić information content (AvgIpc) is 3.08. The van der Waals surface area contributed by atoms with Crippen molar-refractivity contribution >= 4 is 22.4 Å². The van der Waals surface area contributed by atoms with Crippen LogP contribution in [0.15, 0.2) is 0 Å². The number of halogens is 1. The number of sulfonamides is 1. The first kappa shape index (κ1) is 17.2. The minimum Gasteiger partial charge on any atom is -0.312 e. The molecule has 0 radical (unpaired) electrons. The summed E-state index contributed by atoms with van der Waals surface area (Å²) in [5, 5.41) is 3.43. The summed E-state index contributed by atoms with van der Waals surface area (Å²) in [5.74, 6) is 0.969. The van der Waals surface area contributed by atoms with E-state index in [2.05, 4.69) is 23.9 Å². The summed E-state index contributed by atoms with van der Waals surface area (Å²) in [6.45, 7) is 5.95. The maximum Gasteiger partial charge on any atom is 0.211 e. The second-order valence-electron chi connectivity index (χ2n) is 6.50. The van der Waals surface area contributed by atoms with Crippen LogP contribution in [0.25, 0.3) is 0 Å². The van der Waals surface area contributed by atoms with Crippen molar-refractivity contribution < 1.29 is 8.42 Å². The topological polar surface area (TPSA) is 58.2 Å². The predicted octanol–water partition coefficient (Wildman–Crippen LogP) is 1.91. The second-order valence-corrected chi connectivity index (χ2v) is 8.42. The van der Waals surface area contributed by atoms with Crippen LogP contribution in [-0.4, -0.2) is 33.3 Å². The molecule has 0 aromatic heterocycles. The van der Waals surface area contributed by atoms with Crippen molar-refractivity contribution in [2.24, 2.45) is 11.3 Å². The molecule has 114 valence electrons. The lowest BCUT2D eigenvalue weighted by molar-refractivity contribution is 0.181. The van der Waals surface area contributed by atoms with Gasteiger partial charge in [0.15, 0.2) is 0 Å². The lowest BCUT2D eigenvalue weighted by atomic mass is 9.78. The van der Waals surface area contributed by atoms with Gasteiger partial charge in [-0.15, -0.1) is 12.4 Å². The summed E-state index contributed by atoms with van der Waals surface area (Å²) in [5.41, 5.74) is 0.178. The van der Waals surface area contributed by atoms with Crippen LogP contribution in [0.4, 0.5) is 0 Å². The Kier molecular flexibility index (Phi) is 6.11. The van der Waals surface area contributed by atoms with E-state index in [9.17, 15) is 8.42 Å². The molecular formula is C13H27ClN2O2S. The van der Waals surface area contributed by atoms with Crippen molar-refractivity contribution in [3.05, 3.63) is 0 Å². The average molecular weight is 311 g/mol. The number of hydrogen-bond acceptors (Lipinski definition) is 3. The predicted molar refractivity (Wildman–Crippen MR) is 81.2 cm³/mol. The second kappa shape index (κ2) is 6.74. The van der Waals surface area contributed by atoms with Crippen LogP contribution in [-0.2, 0) is 10.0 Å². The zero-order valence-electron chi connectivity index (χ0n) is 11.9. The Balaban J connectivity index is 0.00000180. The van der Waals surface area contributed by atoms with Gasteiger partial charge in [0.1, 0.15) is 0 Å². The van der Waals surface area contributed by atoms with Gasteiger partial charge in [0.05, 0.1) is 5.75 Å². The van der Waals surface area contributed by atoms with Gasteiger partial charge in [-0.05, 0) is 37.1 Å². The summed E-state index contributed by atoms with van der Waals surface area (Å²) in [6.07, 6.45) is 5.60. The Morgan fingerprint density at radius 2 is 2.00 bits per heavy atom. The van der Waals surface area contributed by atoms with E-state index in [0.29, 0.717) is 18.2 Å². The Morgan fingerprint density at radius 1 is 1.32 bits per heavy atom. The van der Waals surface area contributed by atoms with Gasteiger partial charge in [0, 0.05) is 12.6 Å². The van der Waals surface area contributed by atoms with E-state index in [4.69, 9.17) is 0 Å². The molecule has 2 fully saturated rings. The van der Waals surface area contributed by atoms with Gasteiger partial charge in [-0.2, -0.15) is 0 Å². The number of hydrogen-bond donors (Lipinski definition) is 2. The van der Waals surface area contributed by atoms with Gasteiger partial charge in [-0.25, -0.2) is 13.1 Å². The molecule has 0 amide bonds. The normalized spacial score (nSPS) is 26.7. The van der Waals surface area contributed by atoms with Gasteiger partial charge in [0.25, 0.3) is 0 Å². The highest BCUT2D eigenvalue weighted by Gasteiger charge is 2.32. The van der Waals surface area contributed by atoms with Crippen LogP contribution >= 0.6 is 12.4 Å². The summed E-state index contributed by atoms with van der Waals surface area (Å²) < 4.78 is 26.5. The smallest absolute Gasteiger partial charge is 0.211 e. The van der Waals surface area contributed by atoms with Gasteiger partial charge < -0.3 is 5.32 Å². The van der Waals surface area contributed by atoms with Crippen LogP contribution in [0, 0.1) is 11.3 Å². The monoisotopic (exact) mass is 310 g/mol. The fourth-order valence-electron chi connectivity index (χ4n) is 2.63. The fraction of sp³-hybridized carbons (Fsp3) is 1.00. The molecule has 2 rings (SSSR count). The molecule has 1 atom stereocenters. The zero-order valence-corrected chi connectivity index (χ0v) is 13.6. The van der Waals surface area contributed by atoms with Crippen molar-refractivity contribution in [1.82, 2.24) is 10.0 Å². The highest BCUT2D eigenvalue weighted by molar-refractivity contribution is 7.89. The quantitative estimate of drug-likeness (QED) is 0.788. The molecule has 1 aliphatic carbocycles. The zero-order chi connectivity index (χ0) is 13.2. The van der Waals surface area contributed by atoms with Gasteiger partial charge in [0.2, 0.25) is 10.0 Å². The van der Waals surface area contributed by atoms with E-state index in [-0.39, 0.29) is 23.9 Å². The molecule has 0 bridgehead atoms. The van der Waals surface area contributed by atoms with Crippen LogP contribution in [0.1, 0.15) is 46.0 Å². The third-order valence-corrected chi connectivity index (χ3v) is 5.71. The first-order chi connectivity index (χ1) is 8.39. The SMILES string of the molecule is CC1(C)CCCNC1CNS(=O)(=O)CCC1CC1.Cl. The molecular weight excluding hydrogens is 284 g/mol. The minimum atomic E-state index is -3.08. The van der Waals surface area contributed by atoms with Gasteiger partial charge in [-0.3, -0.25) is 0 Å². The largest absolute Gasteiger partial charge is 0.312 e. The van der Waals surface area contributed by atoms with Crippen molar-refractivity contribution in [1.29, 1.82) is 0 Å². The summed E-state index contributed by atoms with van der Waals surface area (Å²) in [7, 11) is -3.08. The molecule has 2 aliphatic rings. The van der Waals surface area contributed by atoms with E-state index in [1.165, 1.54) is 19.3 Å². The van der Waals surface area contributed by atoms with E-state index < -0.39 is 10.0 Å². The third-order valence-electron chi connectivity index (χ3n) is 4.33. The van der Waals surface area contributed by atoms with Crippen molar-refractivity contribution in [2.75, 3.05) is 18.8 Å². The third kappa shape index (κ3) is 5.58. The Morgan fingerprint density at radius 3 is 2.58 bits per heavy atom. The molecule has 0 spiro atoms. The summed E-state index contributed by atoms with van der Waals surface area (Å²) >= 11 is 0. The molecule has 1 heterocycles. The lowest BCUT2D eigenvalue weighted by Crippen LogP contribution is -2.53. The van der Waals surface area contributed by atoms with Crippen LogP contribution in [0.2, 0.25) is 0 Å². The first-order valence-electron chi connectivity index (χ1n) is 7.10. The van der Waals surface area contributed by atoms with Crippen molar-refractivity contribution in [3.8, 4) is 0 Å². The lowest BCUT2D eigenvalue weighted by Gasteiger charge is -2.39. The van der Waals surface area contributed by atoms with Gasteiger partial charge in [-0.1, -0.05) is 26.7 Å². The Bertz CT molecular complexity index is 380. The molecule has 1 saturated heterocycles. The number of nitrogens with one attached hydrogen (secondary N) is 2. The minimum absolute atomic E-state index is 0. The van der Waals surface area contributed by atoms with Crippen molar-refractivity contribution in [3.63, 3.8) is 0 Å². The maximum absolute atomic E-state index is 11.9. The molecule has 1 saturated carbocycles. The number of piperidine rings is 1. The van der Waals surface area contributed by atoms with E-state index >= 15 is 0 Å². The molecule has 0 aromatic rings. The molecule has 2 N–H and O–H groups in total. The van der Waals surface area contributed by atoms with Crippen LogP contribution in [0.3, 0.4) is 0 Å². The Labute approximate surface area is 123 Å². The first-order valence-corrected chi connectivity index (χ1v) is 8.75. The standard InChI is InChI=1S/C13H26N2O2S.ClH/c1-13(2)7-3-8-14-12(13)10-15-18(16,17)9-6-11-4-5-11;/h11-12,14-15H,3-10H2,1-2H3;1H. The van der Waals surface area contributed by atoms with Crippen LogP contribution < -0.4 is 10.0 Å². The Hall–Kier alpha value is 0.160. The fourth-order valence-corrected chi connectivity index (χ4v) is 3.84. The molecule has 1 aliphatic heterocycles. The maximum atomic E-state index is 11.9. The van der Waals surface area contributed by atoms with Gasteiger partial charge >= 0.3 is 0 Å². The van der Waals surface area contributed by atoms with E-state index in [0.717, 1.165) is 19.4 Å². The van der Waals surface area contributed by atoms with Crippen LogP contribution in [0.5, 0.6) is 0 Å². The van der Waals surface area contributed by atoms with E-state index in [1.807, 2.05) is 0 Å². The highest BCUT2D eigenvalue weighted by atomic mass is 35.5. The molecule has 4 nitrogen and oxygen atoms in total. The molecule has 19 heavy (non-hydrogen) atoms. The highest BCUT2D eigenvalue weighted by Crippen LogP contribution is 2.32. The summed E-state index contributed by atoms with van der Waals surface area (Å²) in [4.78, 5) is 0. The number of rotatable bonds is 6. The van der Waals surface area contributed by atoms with Crippen molar-refractivity contribution in [2.45, 2.75) is 52.0 Å². The molecule has 0 aromatic carbocycles. The molecule has 1 unspecified atom stereocenters. The molecule has 6 heteroatoms. The summed E-state index contributed by atoms with van der Waals surface area (Å²) in [6, 6.07) is 0.252.